The second kappa shape index (κ2) is 8.51. The highest BCUT2D eigenvalue weighted by Gasteiger charge is 2.18. The topological polar surface area (TPSA) is 29.5 Å². The smallest absolute Gasteiger partial charge is 0.305 e. The fourth-order valence-corrected chi connectivity index (χ4v) is 2.27. The number of rotatable bonds is 9. The van der Waals surface area contributed by atoms with Gasteiger partial charge >= 0.3 is 5.97 Å². The monoisotopic (exact) mass is 241 g/mol. The number of esters is 1. The lowest BCUT2D eigenvalue weighted by Gasteiger charge is -2.30. The van der Waals surface area contributed by atoms with Crippen molar-refractivity contribution in [1.82, 2.24) is 4.90 Å². The highest BCUT2D eigenvalue weighted by molar-refractivity contribution is 5.69. The van der Waals surface area contributed by atoms with Gasteiger partial charge in [-0.1, -0.05) is 12.8 Å². The van der Waals surface area contributed by atoms with Gasteiger partial charge in [0.1, 0.15) is 0 Å². The van der Waals surface area contributed by atoms with Gasteiger partial charge in [-0.25, -0.2) is 0 Å². The SMILES string of the molecule is CCOC(=O)CCCCCN(C)CC1CCC1. The lowest BCUT2D eigenvalue weighted by atomic mass is 9.85. The first-order valence-electron chi connectivity index (χ1n) is 7.06. The molecule has 100 valence electrons. The van der Waals surface area contributed by atoms with Crippen LogP contribution in [0.3, 0.4) is 0 Å². The van der Waals surface area contributed by atoms with E-state index >= 15 is 0 Å². The van der Waals surface area contributed by atoms with Crippen LogP contribution in [-0.2, 0) is 9.53 Å². The van der Waals surface area contributed by atoms with Gasteiger partial charge in [0.15, 0.2) is 0 Å². The summed E-state index contributed by atoms with van der Waals surface area (Å²) in [6.45, 7) is 4.79. The summed E-state index contributed by atoms with van der Waals surface area (Å²) in [4.78, 5) is 13.5. The van der Waals surface area contributed by atoms with Crippen molar-refractivity contribution in [3.05, 3.63) is 0 Å². The molecule has 0 unspecified atom stereocenters. The van der Waals surface area contributed by atoms with E-state index in [-0.39, 0.29) is 5.97 Å². The number of ether oxygens (including phenoxy) is 1. The van der Waals surface area contributed by atoms with Gasteiger partial charge < -0.3 is 9.64 Å². The maximum atomic E-state index is 11.1. The molecule has 0 aromatic rings. The molecule has 0 spiro atoms. The van der Waals surface area contributed by atoms with Crippen molar-refractivity contribution in [2.75, 3.05) is 26.7 Å². The third-order valence-corrected chi connectivity index (χ3v) is 3.52. The molecule has 1 aliphatic carbocycles. The van der Waals surface area contributed by atoms with E-state index in [2.05, 4.69) is 11.9 Å². The van der Waals surface area contributed by atoms with Crippen LogP contribution in [0.15, 0.2) is 0 Å². The van der Waals surface area contributed by atoms with Crippen LogP contribution in [0.5, 0.6) is 0 Å². The number of carbonyl (C=O) groups excluding carboxylic acids is 1. The van der Waals surface area contributed by atoms with Crippen LogP contribution in [0.25, 0.3) is 0 Å². The number of hydrogen-bond donors (Lipinski definition) is 0. The Kier molecular flexibility index (Phi) is 7.25. The number of carbonyl (C=O) groups is 1. The molecular formula is C14H27NO2. The minimum Gasteiger partial charge on any atom is -0.466 e. The van der Waals surface area contributed by atoms with Crippen molar-refractivity contribution in [3.63, 3.8) is 0 Å². The second-order valence-electron chi connectivity index (χ2n) is 5.17. The van der Waals surface area contributed by atoms with E-state index in [4.69, 9.17) is 4.74 Å². The van der Waals surface area contributed by atoms with Crippen molar-refractivity contribution < 1.29 is 9.53 Å². The molecule has 0 aromatic carbocycles. The summed E-state index contributed by atoms with van der Waals surface area (Å²) in [7, 11) is 2.21. The van der Waals surface area contributed by atoms with E-state index in [1.807, 2.05) is 6.92 Å². The summed E-state index contributed by atoms with van der Waals surface area (Å²) in [6.07, 6.45) is 8.16. The molecule has 0 atom stereocenters. The molecule has 0 aliphatic heterocycles. The Labute approximate surface area is 106 Å². The Balaban J connectivity index is 1.87. The maximum absolute atomic E-state index is 11.1. The Hall–Kier alpha value is -0.570. The minimum absolute atomic E-state index is 0.0460. The van der Waals surface area contributed by atoms with E-state index in [1.54, 1.807) is 0 Å². The first kappa shape index (κ1) is 14.5. The Bertz CT molecular complexity index is 214. The van der Waals surface area contributed by atoms with Crippen LogP contribution in [0, 0.1) is 5.92 Å². The van der Waals surface area contributed by atoms with Crippen molar-refractivity contribution >= 4 is 5.97 Å². The van der Waals surface area contributed by atoms with Crippen LogP contribution < -0.4 is 0 Å². The third-order valence-electron chi connectivity index (χ3n) is 3.52. The molecule has 0 bridgehead atoms. The highest BCUT2D eigenvalue weighted by atomic mass is 16.5. The van der Waals surface area contributed by atoms with E-state index < -0.39 is 0 Å². The standard InChI is InChI=1S/C14H27NO2/c1-3-17-14(16)10-5-4-6-11-15(2)12-13-8-7-9-13/h13H,3-12H2,1-2H3. The summed E-state index contributed by atoms with van der Waals surface area (Å²) < 4.78 is 4.89. The molecule has 0 radical (unpaired) electrons. The first-order chi connectivity index (χ1) is 8.22. The van der Waals surface area contributed by atoms with Gasteiger partial charge in [0.25, 0.3) is 0 Å². The Morgan fingerprint density at radius 2 is 2.06 bits per heavy atom. The van der Waals surface area contributed by atoms with E-state index in [0.29, 0.717) is 13.0 Å². The summed E-state index contributed by atoms with van der Waals surface area (Å²) in [6, 6.07) is 0. The van der Waals surface area contributed by atoms with Gasteiger partial charge in [0, 0.05) is 13.0 Å². The molecule has 1 fully saturated rings. The van der Waals surface area contributed by atoms with Crippen molar-refractivity contribution in [2.24, 2.45) is 5.92 Å². The van der Waals surface area contributed by atoms with Gasteiger partial charge in [-0.15, -0.1) is 0 Å². The van der Waals surface area contributed by atoms with Crippen LogP contribution in [-0.4, -0.2) is 37.6 Å². The van der Waals surface area contributed by atoms with E-state index in [1.165, 1.54) is 38.8 Å². The second-order valence-corrected chi connectivity index (χ2v) is 5.17. The number of unbranched alkanes of at least 4 members (excludes halogenated alkanes) is 2. The Morgan fingerprint density at radius 3 is 2.65 bits per heavy atom. The summed E-state index contributed by atoms with van der Waals surface area (Å²) in [5, 5.41) is 0. The molecule has 1 rings (SSSR count). The predicted octanol–water partition coefficient (Wildman–Crippen LogP) is 2.84. The van der Waals surface area contributed by atoms with Crippen LogP contribution in [0.1, 0.15) is 51.9 Å². The summed E-state index contributed by atoms with van der Waals surface area (Å²) in [5.41, 5.74) is 0. The predicted molar refractivity (Wildman–Crippen MR) is 69.9 cm³/mol. The molecule has 0 heterocycles. The molecule has 1 saturated carbocycles. The lowest BCUT2D eigenvalue weighted by molar-refractivity contribution is -0.143. The number of hydrogen-bond acceptors (Lipinski definition) is 3. The molecule has 0 amide bonds. The zero-order chi connectivity index (χ0) is 12.5. The molecule has 0 saturated heterocycles. The highest BCUT2D eigenvalue weighted by Crippen LogP contribution is 2.26. The molecule has 3 nitrogen and oxygen atoms in total. The molecular weight excluding hydrogens is 214 g/mol. The fourth-order valence-electron chi connectivity index (χ4n) is 2.27. The Morgan fingerprint density at radius 1 is 1.29 bits per heavy atom. The van der Waals surface area contributed by atoms with Crippen LogP contribution >= 0.6 is 0 Å². The van der Waals surface area contributed by atoms with Crippen molar-refractivity contribution in [2.45, 2.75) is 51.9 Å². The number of nitrogens with zero attached hydrogens (tertiary/aromatic N) is 1. The maximum Gasteiger partial charge on any atom is 0.305 e. The quantitative estimate of drug-likeness (QED) is 0.459. The van der Waals surface area contributed by atoms with Gasteiger partial charge in [-0.3, -0.25) is 4.79 Å². The molecule has 0 aromatic heterocycles. The first-order valence-corrected chi connectivity index (χ1v) is 7.06. The lowest BCUT2D eigenvalue weighted by Crippen LogP contribution is -2.30. The average Bonchev–Trinajstić information content (AvgIpc) is 2.23. The van der Waals surface area contributed by atoms with Gasteiger partial charge in [0.05, 0.1) is 6.61 Å². The zero-order valence-electron chi connectivity index (χ0n) is 11.4. The summed E-state index contributed by atoms with van der Waals surface area (Å²) in [5.74, 6) is 0.912. The molecule has 3 heteroatoms. The van der Waals surface area contributed by atoms with Gasteiger partial charge in [-0.05, 0) is 52.1 Å². The third kappa shape index (κ3) is 6.67. The molecule has 0 N–H and O–H groups in total. The van der Waals surface area contributed by atoms with Crippen LogP contribution in [0.2, 0.25) is 0 Å². The minimum atomic E-state index is -0.0460. The van der Waals surface area contributed by atoms with Crippen molar-refractivity contribution in [1.29, 1.82) is 0 Å². The van der Waals surface area contributed by atoms with E-state index in [9.17, 15) is 4.79 Å². The van der Waals surface area contributed by atoms with Crippen LogP contribution in [0.4, 0.5) is 0 Å². The fraction of sp³-hybridized carbons (Fsp3) is 0.929. The molecule has 17 heavy (non-hydrogen) atoms. The largest absolute Gasteiger partial charge is 0.466 e. The molecule has 1 aliphatic rings. The summed E-state index contributed by atoms with van der Waals surface area (Å²) >= 11 is 0. The van der Waals surface area contributed by atoms with Crippen molar-refractivity contribution in [3.8, 4) is 0 Å². The van der Waals surface area contributed by atoms with Gasteiger partial charge in [0.2, 0.25) is 0 Å². The average molecular weight is 241 g/mol. The zero-order valence-corrected chi connectivity index (χ0v) is 11.4. The van der Waals surface area contributed by atoms with Gasteiger partial charge in [-0.2, -0.15) is 0 Å². The normalized spacial score (nSPS) is 15.9. The van der Waals surface area contributed by atoms with E-state index in [0.717, 1.165) is 18.8 Å².